The molecule has 7 nitrogen and oxygen atoms in total. The first-order valence-electron chi connectivity index (χ1n) is 17.5. The summed E-state index contributed by atoms with van der Waals surface area (Å²) in [6.45, 7) is 14.5. The SMILES string of the molecule is COCO[C@H]1CC[C@]2(C)[C@H]3CC[C@]4(C)[C@@H]([C@H](C)/C=C/[C@H](C)C(C)C)CC[C@H]4[C@@]34C=C[C@]2(C1)n1c(=O)n(-c2ccccc2)c(=O)n14. The standard InChI is InChI=1S/C38H53N3O4/c1-25(2)26(3)13-14-27(4)30-15-16-31-35(30,5)19-18-32-36(6)20-17-29(45-24-44-7)23-37(36)21-22-38(31,32)41-34(43)39(33(42)40(37)41)28-11-9-8-10-12-28/h8-14,21-22,25-27,29-32H,15-20,23-24H2,1-7H3/b14-13+/t26-,27+,29-,30+,31+,32+,35+,36+,37+,38-/m0/s1. The zero-order valence-corrected chi connectivity index (χ0v) is 28.4. The van der Waals surface area contributed by atoms with Gasteiger partial charge in [-0.1, -0.05) is 84.0 Å². The van der Waals surface area contributed by atoms with E-state index in [0.717, 1.165) is 38.5 Å². The Morgan fingerprint density at radius 3 is 2.33 bits per heavy atom. The van der Waals surface area contributed by atoms with E-state index in [1.165, 1.54) is 4.57 Å². The quantitative estimate of drug-likeness (QED) is 0.240. The van der Waals surface area contributed by atoms with E-state index in [4.69, 9.17) is 9.47 Å². The van der Waals surface area contributed by atoms with Crippen molar-refractivity contribution in [3.05, 3.63) is 75.6 Å². The molecule has 4 aliphatic carbocycles. The maximum absolute atomic E-state index is 14.9. The van der Waals surface area contributed by atoms with E-state index < -0.39 is 11.1 Å². The third-order valence-electron chi connectivity index (χ3n) is 13.9. The second-order valence-corrected chi connectivity index (χ2v) is 16.0. The van der Waals surface area contributed by atoms with Crippen molar-refractivity contribution in [1.82, 2.24) is 13.9 Å². The van der Waals surface area contributed by atoms with Crippen LogP contribution in [0, 0.1) is 46.3 Å². The fraction of sp³-hybridized carbons (Fsp3) is 0.684. The van der Waals surface area contributed by atoms with E-state index in [-0.39, 0.29) is 46.9 Å². The van der Waals surface area contributed by atoms with Crippen molar-refractivity contribution < 1.29 is 9.47 Å². The molecule has 1 aromatic carbocycles. The van der Waals surface area contributed by atoms with Crippen LogP contribution in [0.25, 0.3) is 5.69 Å². The van der Waals surface area contributed by atoms with E-state index in [9.17, 15) is 9.59 Å². The van der Waals surface area contributed by atoms with Gasteiger partial charge in [0.2, 0.25) is 0 Å². The number of para-hydroxylation sites is 1. The molecule has 0 radical (unpaired) electrons. The minimum Gasteiger partial charge on any atom is -0.359 e. The van der Waals surface area contributed by atoms with Gasteiger partial charge < -0.3 is 9.47 Å². The average molecular weight is 616 g/mol. The number of aromatic nitrogens is 3. The van der Waals surface area contributed by atoms with Crippen molar-refractivity contribution in [3.8, 4) is 5.69 Å². The largest absolute Gasteiger partial charge is 0.359 e. The van der Waals surface area contributed by atoms with Gasteiger partial charge in [0.05, 0.1) is 22.9 Å². The lowest BCUT2D eigenvalue weighted by Gasteiger charge is -2.71. The van der Waals surface area contributed by atoms with Gasteiger partial charge in [-0.25, -0.2) is 23.5 Å². The average Bonchev–Trinajstić information content (AvgIpc) is 3.53. The molecule has 0 unspecified atom stereocenters. The van der Waals surface area contributed by atoms with Crippen LogP contribution in [0.1, 0.15) is 86.5 Å². The molecule has 45 heavy (non-hydrogen) atoms. The van der Waals surface area contributed by atoms with Gasteiger partial charge in [-0.3, -0.25) is 0 Å². The van der Waals surface area contributed by atoms with Crippen molar-refractivity contribution in [3.63, 3.8) is 0 Å². The molecule has 2 spiro atoms. The fourth-order valence-electron chi connectivity index (χ4n) is 11.3. The number of nitrogens with zero attached hydrogens (tertiary/aromatic N) is 3. The molecule has 10 atom stereocenters. The Morgan fingerprint density at radius 2 is 1.62 bits per heavy atom. The molecule has 0 N–H and O–H groups in total. The summed E-state index contributed by atoms with van der Waals surface area (Å²) in [6.07, 6.45) is 16.6. The number of hydrogen-bond acceptors (Lipinski definition) is 4. The minimum absolute atomic E-state index is 0.0469. The topological polar surface area (TPSA) is 67.4 Å². The second kappa shape index (κ2) is 10.7. The third kappa shape index (κ3) is 4.01. The van der Waals surface area contributed by atoms with Crippen LogP contribution in [0.3, 0.4) is 0 Å². The van der Waals surface area contributed by atoms with Gasteiger partial charge in [-0.05, 0) is 91.6 Å². The molecule has 0 saturated heterocycles. The molecular weight excluding hydrogens is 562 g/mol. The first kappa shape index (κ1) is 31.0. The summed E-state index contributed by atoms with van der Waals surface area (Å²) in [7, 11) is 1.65. The predicted molar refractivity (Wildman–Crippen MR) is 177 cm³/mol. The summed E-state index contributed by atoms with van der Waals surface area (Å²) in [5.74, 6) is 2.71. The van der Waals surface area contributed by atoms with Crippen molar-refractivity contribution in [1.29, 1.82) is 0 Å². The monoisotopic (exact) mass is 615 g/mol. The van der Waals surface area contributed by atoms with Gasteiger partial charge in [0, 0.05) is 18.9 Å². The van der Waals surface area contributed by atoms with Crippen molar-refractivity contribution in [2.24, 2.45) is 46.3 Å². The number of ether oxygens (including phenoxy) is 2. The summed E-state index contributed by atoms with van der Waals surface area (Å²) in [4.78, 5) is 29.6. The maximum atomic E-state index is 14.9. The van der Waals surface area contributed by atoms with E-state index in [0.29, 0.717) is 35.8 Å². The molecule has 3 saturated carbocycles. The Balaban J connectivity index is 1.41. The highest BCUT2D eigenvalue weighted by Crippen LogP contribution is 2.74. The molecule has 6 aliphatic rings. The Morgan fingerprint density at radius 1 is 0.889 bits per heavy atom. The Hall–Kier alpha value is -2.64. The molecule has 1 aromatic heterocycles. The normalized spacial score (nSPS) is 39.5. The number of benzene rings is 1. The van der Waals surface area contributed by atoms with Crippen LogP contribution in [0.15, 0.2) is 64.2 Å². The van der Waals surface area contributed by atoms with Crippen LogP contribution in [-0.2, 0) is 20.6 Å². The number of rotatable bonds is 8. The van der Waals surface area contributed by atoms with Crippen LogP contribution >= 0.6 is 0 Å². The van der Waals surface area contributed by atoms with Crippen LogP contribution in [0.5, 0.6) is 0 Å². The van der Waals surface area contributed by atoms with Crippen LogP contribution in [0.4, 0.5) is 0 Å². The zero-order chi connectivity index (χ0) is 31.9. The summed E-state index contributed by atoms with van der Waals surface area (Å²) in [5.41, 5.74) is -1.08. The highest BCUT2D eigenvalue weighted by Gasteiger charge is 2.75. The Kier molecular flexibility index (Phi) is 7.37. The molecule has 3 heterocycles. The molecule has 8 rings (SSSR count). The highest BCUT2D eigenvalue weighted by molar-refractivity contribution is 5.38. The summed E-state index contributed by atoms with van der Waals surface area (Å²) in [6, 6.07) is 9.50. The van der Waals surface area contributed by atoms with Gasteiger partial charge in [-0.2, -0.15) is 0 Å². The third-order valence-corrected chi connectivity index (χ3v) is 13.9. The molecule has 7 heteroatoms. The molecule has 3 fully saturated rings. The fourth-order valence-corrected chi connectivity index (χ4v) is 11.3. The first-order valence-corrected chi connectivity index (χ1v) is 17.5. The van der Waals surface area contributed by atoms with E-state index in [1.54, 1.807) is 7.11 Å². The first-order chi connectivity index (χ1) is 21.5. The molecule has 2 aromatic rings. The van der Waals surface area contributed by atoms with Gasteiger partial charge in [0.25, 0.3) is 0 Å². The van der Waals surface area contributed by atoms with E-state index in [1.807, 2.05) is 39.7 Å². The number of fused-ring (bicyclic) bond motifs is 1. The van der Waals surface area contributed by atoms with Gasteiger partial charge >= 0.3 is 11.4 Å². The van der Waals surface area contributed by atoms with E-state index >= 15 is 0 Å². The zero-order valence-electron chi connectivity index (χ0n) is 28.4. The van der Waals surface area contributed by atoms with Gasteiger partial charge in [0.15, 0.2) is 0 Å². The lowest BCUT2D eigenvalue weighted by molar-refractivity contribution is -0.210. The molecule has 244 valence electrons. The molecular formula is C38H53N3O4. The van der Waals surface area contributed by atoms with Crippen molar-refractivity contribution in [2.45, 2.75) is 104 Å². The Labute approximate surface area is 268 Å². The summed E-state index contributed by atoms with van der Waals surface area (Å²) in [5, 5.41) is 0. The smallest absolute Gasteiger partial charge is 0.352 e. The molecule has 2 bridgehead atoms. The summed E-state index contributed by atoms with van der Waals surface area (Å²) >= 11 is 0. The maximum Gasteiger partial charge on any atom is 0.352 e. The molecule has 2 aliphatic heterocycles. The van der Waals surface area contributed by atoms with Crippen LogP contribution in [0.2, 0.25) is 0 Å². The van der Waals surface area contributed by atoms with Crippen molar-refractivity contribution in [2.75, 3.05) is 13.9 Å². The predicted octanol–water partition coefficient (Wildman–Crippen LogP) is 6.88. The van der Waals surface area contributed by atoms with E-state index in [2.05, 4.69) is 65.8 Å². The summed E-state index contributed by atoms with van der Waals surface area (Å²) < 4.78 is 16.8. The minimum atomic E-state index is -0.638. The van der Waals surface area contributed by atoms with Crippen LogP contribution in [-0.4, -0.2) is 33.9 Å². The second-order valence-electron chi connectivity index (χ2n) is 16.0. The van der Waals surface area contributed by atoms with Crippen molar-refractivity contribution >= 4 is 0 Å². The lowest BCUT2D eigenvalue weighted by atomic mass is 9.40. The number of allylic oxidation sites excluding steroid dienone is 4. The number of methoxy groups -OCH3 is 1. The number of hydrogen-bond donors (Lipinski definition) is 0. The highest BCUT2D eigenvalue weighted by atomic mass is 16.7. The van der Waals surface area contributed by atoms with Gasteiger partial charge in [-0.15, -0.1) is 0 Å². The Bertz CT molecular complexity index is 1620. The van der Waals surface area contributed by atoms with Gasteiger partial charge in [0.1, 0.15) is 6.79 Å². The van der Waals surface area contributed by atoms with Crippen LogP contribution < -0.4 is 11.4 Å². The molecule has 0 amide bonds. The lowest BCUT2D eigenvalue weighted by Crippen LogP contribution is -2.76.